The Morgan fingerprint density at radius 3 is 2.61 bits per heavy atom. The van der Waals surface area contributed by atoms with Crippen molar-refractivity contribution in [3.63, 3.8) is 0 Å². The van der Waals surface area contributed by atoms with Gasteiger partial charge in [0.2, 0.25) is 0 Å². The number of nitrogens with one attached hydrogen (secondary N) is 2. The van der Waals surface area contributed by atoms with Gasteiger partial charge in [0.15, 0.2) is 5.13 Å². The Morgan fingerprint density at radius 2 is 2.17 bits per heavy atom. The number of hydrogen-bond acceptors (Lipinski definition) is 4. The number of hydrogen-bond donors (Lipinski definition) is 3. The van der Waals surface area contributed by atoms with Crippen LogP contribution in [0.3, 0.4) is 0 Å². The number of carboxylic acid groups (broad SMARTS) is 1. The number of carbonyl (C=O) groups excluding carboxylic acids is 1. The topological polar surface area (TPSA) is 91.3 Å². The number of aromatic nitrogens is 1. The summed E-state index contributed by atoms with van der Waals surface area (Å²) in [6, 6.07) is -1.43. The Labute approximate surface area is 109 Å². The Bertz CT molecular complexity index is 431. The fourth-order valence-electron chi connectivity index (χ4n) is 1.24. The molecule has 2 amide bonds. The van der Waals surface area contributed by atoms with E-state index >= 15 is 0 Å². The van der Waals surface area contributed by atoms with Crippen LogP contribution in [0.2, 0.25) is 0 Å². The molecule has 0 unspecified atom stereocenters. The van der Waals surface area contributed by atoms with Gasteiger partial charge in [-0.25, -0.2) is 14.6 Å². The highest BCUT2D eigenvalue weighted by atomic mass is 32.1. The predicted molar refractivity (Wildman–Crippen MR) is 70.1 cm³/mol. The summed E-state index contributed by atoms with van der Waals surface area (Å²) in [5, 5.41) is 16.0. The van der Waals surface area contributed by atoms with E-state index in [1.165, 1.54) is 11.3 Å². The second-order valence-corrected chi connectivity index (χ2v) is 4.99. The van der Waals surface area contributed by atoms with Gasteiger partial charge in [0.1, 0.15) is 6.04 Å². The van der Waals surface area contributed by atoms with E-state index in [9.17, 15) is 9.59 Å². The van der Waals surface area contributed by atoms with Crippen LogP contribution in [0.4, 0.5) is 9.93 Å². The van der Waals surface area contributed by atoms with Gasteiger partial charge in [0.05, 0.1) is 5.69 Å². The maximum atomic E-state index is 11.5. The van der Waals surface area contributed by atoms with Crippen molar-refractivity contribution in [1.82, 2.24) is 10.3 Å². The summed E-state index contributed by atoms with van der Waals surface area (Å²) in [7, 11) is 0. The zero-order valence-electron chi connectivity index (χ0n) is 10.6. The molecule has 1 heterocycles. The highest BCUT2D eigenvalue weighted by molar-refractivity contribution is 7.13. The van der Waals surface area contributed by atoms with E-state index in [0.29, 0.717) is 17.5 Å². The third-order valence-electron chi connectivity index (χ3n) is 2.35. The van der Waals surface area contributed by atoms with Gasteiger partial charge in [-0.15, -0.1) is 11.3 Å². The van der Waals surface area contributed by atoms with E-state index in [1.54, 1.807) is 6.92 Å². The smallest absolute Gasteiger partial charge is 0.326 e. The molecule has 1 rings (SSSR count). The van der Waals surface area contributed by atoms with Crippen LogP contribution in [0.1, 0.15) is 38.8 Å². The molecule has 0 spiro atoms. The molecular formula is C11H17N3O3S. The summed E-state index contributed by atoms with van der Waals surface area (Å²) < 4.78 is 0. The summed E-state index contributed by atoms with van der Waals surface area (Å²) in [6.07, 6.45) is 0.331. The van der Waals surface area contributed by atoms with Crippen LogP contribution in [0.15, 0.2) is 5.38 Å². The number of carbonyl (C=O) groups is 2. The molecule has 0 bridgehead atoms. The molecule has 1 aromatic rings. The van der Waals surface area contributed by atoms with E-state index in [1.807, 2.05) is 19.2 Å². The number of thiazole rings is 1. The van der Waals surface area contributed by atoms with Crippen LogP contribution in [0.5, 0.6) is 0 Å². The minimum absolute atomic E-state index is 0.294. The second kappa shape index (κ2) is 6.34. The van der Waals surface area contributed by atoms with Gasteiger partial charge in [-0.3, -0.25) is 5.32 Å². The Kier molecular flexibility index (Phi) is 5.08. The number of urea groups is 1. The molecule has 3 N–H and O–H groups in total. The molecule has 0 radical (unpaired) electrons. The molecular weight excluding hydrogens is 254 g/mol. The maximum absolute atomic E-state index is 11.5. The van der Waals surface area contributed by atoms with Gasteiger partial charge >= 0.3 is 12.0 Å². The lowest BCUT2D eigenvalue weighted by Crippen LogP contribution is -2.42. The lowest BCUT2D eigenvalue weighted by molar-refractivity contribution is -0.139. The first-order chi connectivity index (χ1) is 8.43. The standard InChI is InChI=1S/C11H17N3O3S/c1-4-7(9(15)16)12-10(17)14-11-13-8(5-18-11)6(2)3/h5-7H,4H2,1-3H3,(H,15,16)(H2,12,13,14,17)/t7-/m0/s1. The van der Waals surface area contributed by atoms with Crippen LogP contribution in [0.25, 0.3) is 0 Å². The highest BCUT2D eigenvalue weighted by Crippen LogP contribution is 2.21. The minimum Gasteiger partial charge on any atom is -0.480 e. The number of nitrogens with zero attached hydrogens (tertiary/aromatic N) is 1. The monoisotopic (exact) mass is 271 g/mol. The quantitative estimate of drug-likeness (QED) is 0.766. The van der Waals surface area contributed by atoms with Crippen molar-refractivity contribution < 1.29 is 14.7 Å². The van der Waals surface area contributed by atoms with Gasteiger partial charge in [-0.05, 0) is 12.3 Å². The van der Waals surface area contributed by atoms with Gasteiger partial charge < -0.3 is 10.4 Å². The minimum atomic E-state index is -1.05. The number of rotatable bonds is 5. The molecule has 1 atom stereocenters. The van der Waals surface area contributed by atoms with Crippen molar-refractivity contribution in [3.05, 3.63) is 11.1 Å². The molecule has 0 aliphatic heterocycles. The van der Waals surface area contributed by atoms with E-state index in [4.69, 9.17) is 5.11 Å². The average Bonchev–Trinajstić information content (AvgIpc) is 2.74. The van der Waals surface area contributed by atoms with Crippen LogP contribution in [0, 0.1) is 0 Å². The molecule has 7 heteroatoms. The van der Waals surface area contributed by atoms with E-state index in [-0.39, 0.29) is 0 Å². The summed E-state index contributed by atoms with van der Waals surface area (Å²) in [5.74, 6) is -0.753. The summed E-state index contributed by atoms with van der Waals surface area (Å²) in [6.45, 7) is 5.71. The Morgan fingerprint density at radius 1 is 1.50 bits per heavy atom. The first-order valence-electron chi connectivity index (χ1n) is 5.69. The van der Waals surface area contributed by atoms with Crippen molar-refractivity contribution in [3.8, 4) is 0 Å². The third kappa shape index (κ3) is 3.99. The van der Waals surface area contributed by atoms with Crippen molar-refractivity contribution in [2.75, 3.05) is 5.32 Å². The molecule has 6 nitrogen and oxygen atoms in total. The largest absolute Gasteiger partial charge is 0.480 e. The lowest BCUT2D eigenvalue weighted by Gasteiger charge is -2.11. The first-order valence-corrected chi connectivity index (χ1v) is 6.57. The molecule has 0 aliphatic carbocycles. The van der Waals surface area contributed by atoms with Crippen LogP contribution in [-0.2, 0) is 4.79 Å². The molecule has 0 fully saturated rings. The molecule has 0 aromatic carbocycles. The van der Waals surface area contributed by atoms with Crippen LogP contribution >= 0.6 is 11.3 Å². The number of anilines is 1. The van der Waals surface area contributed by atoms with E-state index in [0.717, 1.165) is 5.69 Å². The molecule has 0 saturated carbocycles. The van der Waals surface area contributed by atoms with Crippen LogP contribution < -0.4 is 10.6 Å². The average molecular weight is 271 g/mol. The Balaban J connectivity index is 2.56. The Hall–Kier alpha value is -1.63. The van der Waals surface area contributed by atoms with E-state index < -0.39 is 18.0 Å². The van der Waals surface area contributed by atoms with Crippen molar-refractivity contribution in [1.29, 1.82) is 0 Å². The molecule has 1 aromatic heterocycles. The predicted octanol–water partition coefficient (Wildman–Crippen LogP) is 2.25. The third-order valence-corrected chi connectivity index (χ3v) is 3.12. The van der Waals surface area contributed by atoms with Gasteiger partial charge in [0, 0.05) is 5.38 Å². The van der Waals surface area contributed by atoms with Crippen molar-refractivity contribution >= 4 is 28.5 Å². The van der Waals surface area contributed by atoms with E-state index in [2.05, 4.69) is 15.6 Å². The molecule has 18 heavy (non-hydrogen) atoms. The number of aliphatic carboxylic acids is 1. The van der Waals surface area contributed by atoms with Crippen molar-refractivity contribution in [2.24, 2.45) is 0 Å². The highest BCUT2D eigenvalue weighted by Gasteiger charge is 2.18. The zero-order valence-corrected chi connectivity index (χ0v) is 11.4. The summed E-state index contributed by atoms with van der Waals surface area (Å²) in [4.78, 5) is 26.5. The summed E-state index contributed by atoms with van der Waals surface area (Å²) in [5.41, 5.74) is 0.903. The molecule has 100 valence electrons. The lowest BCUT2D eigenvalue weighted by atomic mass is 10.2. The zero-order chi connectivity index (χ0) is 13.7. The molecule has 0 saturated heterocycles. The number of amides is 2. The van der Waals surface area contributed by atoms with Crippen LogP contribution in [-0.4, -0.2) is 28.1 Å². The van der Waals surface area contributed by atoms with Gasteiger partial charge in [0.25, 0.3) is 0 Å². The van der Waals surface area contributed by atoms with Crippen molar-refractivity contribution in [2.45, 2.75) is 39.2 Å². The number of carboxylic acids is 1. The maximum Gasteiger partial charge on any atom is 0.326 e. The van der Waals surface area contributed by atoms with Gasteiger partial charge in [-0.1, -0.05) is 20.8 Å². The fraction of sp³-hybridized carbons (Fsp3) is 0.545. The SMILES string of the molecule is CC[C@H](NC(=O)Nc1nc(C(C)C)cs1)C(=O)O. The second-order valence-electron chi connectivity index (χ2n) is 4.13. The fourth-order valence-corrected chi connectivity index (χ4v) is 2.11. The molecule has 0 aliphatic rings. The normalized spacial score (nSPS) is 12.2. The summed E-state index contributed by atoms with van der Waals surface area (Å²) >= 11 is 1.32. The first kappa shape index (κ1) is 14.4. The van der Waals surface area contributed by atoms with Gasteiger partial charge in [-0.2, -0.15) is 0 Å².